The summed E-state index contributed by atoms with van der Waals surface area (Å²) < 4.78 is 5.28. The fourth-order valence-corrected chi connectivity index (χ4v) is 1.90. The van der Waals surface area contributed by atoms with Crippen LogP contribution in [0, 0.1) is 0 Å². The monoisotopic (exact) mass is 451 g/mol. The van der Waals surface area contributed by atoms with Gasteiger partial charge in [-0.2, -0.15) is 0 Å². The maximum absolute atomic E-state index is 11.9. The van der Waals surface area contributed by atoms with E-state index in [0.717, 1.165) is 0 Å². The number of nitrogens with one attached hydrogen (secondary N) is 2. The fourth-order valence-electron chi connectivity index (χ4n) is 1.90. The lowest BCUT2D eigenvalue weighted by Crippen LogP contribution is -2.48. The van der Waals surface area contributed by atoms with E-state index in [1.807, 2.05) is 20.8 Å². The number of nitrogens with zero attached hydrogens (tertiary/aromatic N) is 2. The van der Waals surface area contributed by atoms with Gasteiger partial charge in [0.2, 0.25) is 5.91 Å². The highest BCUT2D eigenvalue weighted by Crippen LogP contribution is 2.07. The van der Waals surface area contributed by atoms with Crippen LogP contribution in [0.25, 0.3) is 0 Å². The van der Waals surface area contributed by atoms with E-state index in [0.29, 0.717) is 18.3 Å². The van der Waals surface area contributed by atoms with Crippen LogP contribution in [-0.2, 0) is 11.3 Å². The molecule has 4 N–H and O–H groups in total. The van der Waals surface area contributed by atoms with Gasteiger partial charge in [-0.05, 0) is 32.9 Å². The molecular weight excluding hydrogens is 425 g/mol. The largest absolute Gasteiger partial charge is 0.454 e. The summed E-state index contributed by atoms with van der Waals surface area (Å²) >= 11 is 0. The molecule has 0 aliphatic heterocycles. The van der Waals surface area contributed by atoms with Gasteiger partial charge in [0.25, 0.3) is 5.91 Å². The molecule has 0 aliphatic carbocycles. The average Bonchev–Trinajstić information content (AvgIpc) is 2.86. The summed E-state index contributed by atoms with van der Waals surface area (Å²) in [5.41, 5.74) is 4.85. The number of amides is 2. The van der Waals surface area contributed by atoms with Crippen molar-refractivity contribution in [3.05, 3.63) is 23.7 Å². The number of rotatable bonds is 5. The Morgan fingerprint density at radius 2 is 1.96 bits per heavy atom. The summed E-state index contributed by atoms with van der Waals surface area (Å²) in [7, 11) is 3.38. The first-order valence-electron chi connectivity index (χ1n) is 7.23. The molecule has 1 aromatic rings. The summed E-state index contributed by atoms with van der Waals surface area (Å²) in [6, 6.07) is 3.18. The van der Waals surface area contributed by atoms with E-state index < -0.39 is 5.91 Å². The predicted octanol–water partition coefficient (Wildman–Crippen LogP) is 0.918. The molecule has 1 aromatic heterocycles. The second-order valence-electron chi connectivity index (χ2n) is 6.19. The van der Waals surface area contributed by atoms with E-state index in [9.17, 15) is 9.59 Å². The van der Waals surface area contributed by atoms with Crippen molar-refractivity contribution in [2.75, 3.05) is 20.6 Å². The van der Waals surface area contributed by atoms with Crippen molar-refractivity contribution in [3.63, 3.8) is 0 Å². The third kappa shape index (κ3) is 7.66. The van der Waals surface area contributed by atoms with Gasteiger partial charge in [0, 0.05) is 19.6 Å². The molecule has 0 aromatic carbocycles. The first kappa shape index (κ1) is 22.2. The lowest BCUT2D eigenvalue weighted by molar-refractivity contribution is -0.122. The van der Waals surface area contributed by atoms with Gasteiger partial charge in [-0.15, -0.1) is 24.0 Å². The lowest BCUT2D eigenvalue weighted by atomic mass is 10.1. The van der Waals surface area contributed by atoms with Gasteiger partial charge in [-0.3, -0.25) is 14.6 Å². The van der Waals surface area contributed by atoms with Crippen LogP contribution in [0.15, 0.2) is 21.5 Å². The number of halogens is 1. The van der Waals surface area contributed by atoms with E-state index in [4.69, 9.17) is 10.2 Å². The average molecular weight is 451 g/mol. The van der Waals surface area contributed by atoms with Crippen LogP contribution in [0.2, 0.25) is 0 Å². The Morgan fingerprint density at radius 1 is 1.33 bits per heavy atom. The van der Waals surface area contributed by atoms with Crippen molar-refractivity contribution >= 4 is 41.8 Å². The normalized spacial score (nSPS) is 11.5. The summed E-state index contributed by atoms with van der Waals surface area (Å²) in [5.74, 6) is 0.474. The lowest BCUT2D eigenvalue weighted by Gasteiger charge is -2.25. The number of carbonyl (C=O) groups excluding carboxylic acids is 2. The Balaban J connectivity index is 0.00000529. The van der Waals surface area contributed by atoms with E-state index in [-0.39, 0.29) is 47.7 Å². The van der Waals surface area contributed by atoms with E-state index >= 15 is 0 Å². The minimum Gasteiger partial charge on any atom is -0.454 e. The van der Waals surface area contributed by atoms with Gasteiger partial charge < -0.3 is 25.7 Å². The summed E-state index contributed by atoms with van der Waals surface area (Å²) in [6.07, 6.45) is 0. The molecule has 0 spiro atoms. The Labute approximate surface area is 159 Å². The maximum Gasteiger partial charge on any atom is 0.284 e. The molecule has 9 heteroatoms. The van der Waals surface area contributed by atoms with Crippen LogP contribution in [0.5, 0.6) is 0 Å². The minimum atomic E-state index is -0.614. The molecule has 0 radical (unpaired) electrons. The van der Waals surface area contributed by atoms with Crippen LogP contribution < -0.4 is 16.4 Å². The zero-order valence-electron chi connectivity index (χ0n) is 14.7. The summed E-state index contributed by atoms with van der Waals surface area (Å²) in [6.45, 7) is 6.26. The van der Waals surface area contributed by atoms with Crippen LogP contribution in [0.3, 0.4) is 0 Å². The zero-order chi connectivity index (χ0) is 17.6. The molecule has 8 nitrogen and oxygen atoms in total. The minimum absolute atomic E-state index is 0. The Hall–Kier alpha value is -1.78. The smallest absolute Gasteiger partial charge is 0.284 e. The molecule has 1 rings (SSSR count). The van der Waals surface area contributed by atoms with Crippen LogP contribution in [-0.4, -0.2) is 48.9 Å². The molecule has 136 valence electrons. The van der Waals surface area contributed by atoms with Crippen molar-refractivity contribution in [2.45, 2.75) is 32.9 Å². The van der Waals surface area contributed by atoms with E-state index in [2.05, 4.69) is 15.6 Å². The number of furan rings is 1. The number of likely N-dealkylation sites (N-methyl/N-ethyl adjacent to an activating group) is 1. The highest BCUT2D eigenvalue weighted by molar-refractivity contribution is 14.0. The molecule has 0 saturated heterocycles. The second-order valence-corrected chi connectivity index (χ2v) is 6.19. The molecule has 0 unspecified atom stereocenters. The number of carbonyl (C=O) groups is 2. The van der Waals surface area contributed by atoms with Crippen molar-refractivity contribution < 1.29 is 14.0 Å². The molecule has 0 fully saturated rings. The van der Waals surface area contributed by atoms with Crippen LogP contribution in [0.1, 0.15) is 37.1 Å². The number of primary amides is 1. The number of nitrogens with two attached hydrogens (primary N) is 1. The van der Waals surface area contributed by atoms with E-state index in [1.54, 1.807) is 25.1 Å². The van der Waals surface area contributed by atoms with Crippen molar-refractivity contribution in [3.8, 4) is 0 Å². The molecule has 0 atom stereocenters. The van der Waals surface area contributed by atoms with Gasteiger partial charge in [-0.25, -0.2) is 0 Å². The number of aliphatic imine (C=N–C) groups is 1. The Morgan fingerprint density at radius 3 is 2.42 bits per heavy atom. The van der Waals surface area contributed by atoms with Gasteiger partial charge in [0.05, 0.1) is 13.1 Å². The summed E-state index contributed by atoms with van der Waals surface area (Å²) in [4.78, 5) is 28.7. The van der Waals surface area contributed by atoms with Gasteiger partial charge >= 0.3 is 0 Å². The fraction of sp³-hybridized carbons (Fsp3) is 0.533. The highest BCUT2D eigenvalue weighted by atomic mass is 127. The first-order chi connectivity index (χ1) is 10.6. The Kier molecular flexibility index (Phi) is 8.80. The summed E-state index contributed by atoms with van der Waals surface area (Å²) in [5, 5.41) is 5.94. The maximum atomic E-state index is 11.9. The second kappa shape index (κ2) is 9.50. The number of hydrogen-bond acceptors (Lipinski definition) is 4. The van der Waals surface area contributed by atoms with Crippen molar-refractivity contribution in [2.24, 2.45) is 10.7 Å². The van der Waals surface area contributed by atoms with Crippen LogP contribution >= 0.6 is 24.0 Å². The van der Waals surface area contributed by atoms with E-state index in [1.165, 1.54) is 6.07 Å². The molecule has 0 saturated carbocycles. The van der Waals surface area contributed by atoms with Crippen LogP contribution in [0.4, 0.5) is 0 Å². The zero-order valence-corrected chi connectivity index (χ0v) is 17.0. The SMILES string of the molecule is CN=C(NCc1ccc(C(N)=O)o1)N(C)CC(=O)NC(C)(C)C.I. The highest BCUT2D eigenvalue weighted by Gasteiger charge is 2.17. The third-order valence-electron chi connectivity index (χ3n) is 2.79. The number of guanidine groups is 1. The quantitative estimate of drug-likeness (QED) is 0.350. The standard InChI is InChI=1S/C15H25N5O3.HI/c1-15(2,3)19-12(21)9-20(5)14(17-4)18-8-10-6-7-11(23-10)13(16)22;/h6-7H,8-9H2,1-5H3,(H2,16,22)(H,17,18)(H,19,21);1H. The molecule has 1 heterocycles. The molecular formula is C15H26IN5O3. The Bertz CT molecular complexity index is 592. The van der Waals surface area contributed by atoms with Crippen molar-refractivity contribution in [1.29, 1.82) is 0 Å². The molecule has 0 aliphatic rings. The molecule has 2 amide bonds. The topological polar surface area (TPSA) is 113 Å². The predicted molar refractivity (Wildman–Crippen MR) is 103 cm³/mol. The number of hydrogen-bond donors (Lipinski definition) is 3. The van der Waals surface area contributed by atoms with Crippen molar-refractivity contribution in [1.82, 2.24) is 15.5 Å². The molecule has 24 heavy (non-hydrogen) atoms. The van der Waals surface area contributed by atoms with Gasteiger partial charge in [0.15, 0.2) is 11.7 Å². The third-order valence-corrected chi connectivity index (χ3v) is 2.79. The molecule has 0 bridgehead atoms. The first-order valence-corrected chi connectivity index (χ1v) is 7.23. The van der Waals surface area contributed by atoms with Gasteiger partial charge in [0.1, 0.15) is 5.76 Å². The van der Waals surface area contributed by atoms with Gasteiger partial charge in [-0.1, -0.05) is 0 Å².